The molecule has 1 aromatic carbocycles. The van der Waals surface area contributed by atoms with E-state index < -0.39 is 0 Å². The average molecular weight is 222 g/mol. The molecule has 1 aliphatic rings. The summed E-state index contributed by atoms with van der Waals surface area (Å²) in [5.74, 6) is 2.47. The molecule has 2 nitrogen and oxygen atoms in total. The highest BCUT2D eigenvalue weighted by Crippen LogP contribution is 2.27. The van der Waals surface area contributed by atoms with Gasteiger partial charge in [-0.3, -0.25) is 0 Å². The summed E-state index contributed by atoms with van der Waals surface area (Å²) in [6.07, 6.45) is 0. The van der Waals surface area contributed by atoms with Crippen LogP contribution in [0, 0.1) is 6.92 Å². The van der Waals surface area contributed by atoms with Crippen LogP contribution in [-0.4, -0.2) is 24.6 Å². The van der Waals surface area contributed by atoms with Crippen molar-refractivity contribution in [3.05, 3.63) is 29.3 Å². The minimum absolute atomic E-state index is 0.640. The third-order valence-electron chi connectivity index (χ3n) is 2.87. The van der Waals surface area contributed by atoms with Crippen molar-refractivity contribution < 1.29 is 0 Å². The fourth-order valence-corrected chi connectivity index (χ4v) is 3.03. The molecule has 0 amide bonds. The molecule has 15 heavy (non-hydrogen) atoms. The zero-order valence-electron chi connectivity index (χ0n) is 9.20. The minimum Gasteiger partial charge on any atom is -0.369 e. The molecule has 0 aromatic heterocycles. The Morgan fingerprint density at radius 2 is 2.07 bits per heavy atom. The van der Waals surface area contributed by atoms with E-state index in [1.54, 1.807) is 0 Å². The SMILES string of the molecule is Cc1cccc(CN)c1N1CCSCC1. The van der Waals surface area contributed by atoms with E-state index in [1.807, 2.05) is 11.8 Å². The van der Waals surface area contributed by atoms with Crippen LogP contribution in [0.2, 0.25) is 0 Å². The maximum absolute atomic E-state index is 5.79. The molecule has 0 unspecified atom stereocenters. The van der Waals surface area contributed by atoms with E-state index in [2.05, 4.69) is 30.0 Å². The average Bonchev–Trinajstić information content (AvgIpc) is 2.29. The Bertz CT molecular complexity index is 332. The Morgan fingerprint density at radius 3 is 2.73 bits per heavy atom. The van der Waals surface area contributed by atoms with Crippen LogP contribution in [0.5, 0.6) is 0 Å². The van der Waals surface area contributed by atoms with Crippen molar-refractivity contribution in [2.24, 2.45) is 5.73 Å². The number of para-hydroxylation sites is 1. The molecular weight excluding hydrogens is 204 g/mol. The molecule has 82 valence electrons. The molecule has 1 heterocycles. The number of nitrogens with zero attached hydrogens (tertiary/aromatic N) is 1. The maximum atomic E-state index is 5.79. The first-order valence-corrected chi connectivity index (χ1v) is 6.59. The molecule has 0 bridgehead atoms. The van der Waals surface area contributed by atoms with Gasteiger partial charge in [-0.05, 0) is 18.1 Å². The normalized spacial score (nSPS) is 16.8. The van der Waals surface area contributed by atoms with Crippen LogP contribution in [0.4, 0.5) is 5.69 Å². The maximum Gasteiger partial charge on any atom is 0.0442 e. The van der Waals surface area contributed by atoms with Gasteiger partial charge in [-0.25, -0.2) is 0 Å². The number of aryl methyl sites for hydroxylation is 1. The van der Waals surface area contributed by atoms with Crippen LogP contribution in [0.15, 0.2) is 18.2 Å². The van der Waals surface area contributed by atoms with Crippen molar-refractivity contribution in [3.8, 4) is 0 Å². The molecule has 2 N–H and O–H groups in total. The van der Waals surface area contributed by atoms with Crippen LogP contribution in [-0.2, 0) is 6.54 Å². The van der Waals surface area contributed by atoms with E-state index >= 15 is 0 Å². The minimum atomic E-state index is 0.640. The zero-order chi connectivity index (χ0) is 10.7. The lowest BCUT2D eigenvalue weighted by Gasteiger charge is -2.31. The molecule has 0 radical (unpaired) electrons. The van der Waals surface area contributed by atoms with Gasteiger partial charge in [-0.1, -0.05) is 18.2 Å². The van der Waals surface area contributed by atoms with Crippen LogP contribution >= 0.6 is 11.8 Å². The summed E-state index contributed by atoms with van der Waals surface area (Å²) >= 11 is 2.04. The standard InChI is InChI=1S/C12H18N2S/c1-10-3-2-4-11(9-13)12(10)14-5-7-15-8-6-14/h2-4H,5-9,13H2,1H3. The van der Waals surface area contributed by atoms with Gasteiger partial charge in [-0.2, -0.15) is 11.8 Å². The van der Waals surface area contributed by atoms with Gasteiger partial charge in [0, 0.05) is 36.8 Å². The van der Waals surface area contributed by atoms with Crippen LogP contribution in [0.25, 0.3) is 0 Å². The fourth-order valence-electron chi connectivity index (χ4n) is 2.12. The molecule has 2 rings (SSSR count). The zero-order valence-corrected chi connectivity index (χ0v) is 10.0. The second-order valence-corrected chi connectivity index (χ2v) is 5.11. The highest BCUT2D eigenvalue weighted by molar-refractivity contribution is 7.99. The summed E-state index contributed by atoms with van der Waals surface area (Å²) in [4.78, 5) is 2.48. The molecule has 1 saturated heterocycles. The van der Waals surface area contributed by atoms with Crippen LogP contribution < -0.4 is 10.6 Å². The number of thioether (sulfide) groups is 1. The van der Waals surface area contributed by atoms with Gasteiger partial charge in [0.15, 0.2) is 0 Å². The highest BCUT2D eigenvalue weighted by atomic mass is 32.2. The summed E-state index contributed by atoms with van der Waals surface area (Å²) in [5.41, 5.74) is 9.80. The second-order valence-electron chi connectivity index (χ2n) is 3.89. The Kier molecular flexibility index (Phi) is 3.54. The van der Waals surface area contributed by atoms with Crippen molar-refractivity contribution in [1.82, 2.24) is 0 Å². The van der Waals surface area contributed by atoms with E-state index in [0.29, 0.717) is 6.54 Å². The predicted octanol–water partition coefficient (Wildman–Crippen LogP) is 2.01. The van der Waals surface area contributed by atoms with Crippen molar-refractivity contribution in [2.45, 2.75) is 13.5 Å². The number of hydrogen-bond acceptors (Lipinski definition) is 3. The summed E-state index contributed by atoms with van der Waals surface area (Å²) in [6, 6.07) is 6.42. The first-order valence-electron chi connectivity index (χ1n) is 5.44. The molecule has 0 aliphatic carbocycles. The van der Waals surface area contributed by atoms with Gasteiger partial charge in [0.1, 0.15) is 0 Å². The molecule has 1 aliphatic heterocycles. The lowest BCUT2D eigenvalue weighted by Crippen LogP contribution is -2.34. The molecule has 0 atom stereocenters. The van der Waals surface area contributed by atoms with Crippen molar-refractivity contribution in [2.75, 3.05) is 29.5 Å². The fraction of sp³-hybridized carbons (Fsp3) is 0.500. The van der Waals surface area contributed by atoms with Gasteiger partial charge in [0.25, 0.3) is 0 Å². The third kappa shape index (κ3) is 2.29. The smallest absolute Gasteiger partial charge is 0.0442 e. The Balaban J connectivity index is 2.31. The van der Waals surface area contributed by atoms with Crippen LogP contribution in [0.3, 0.4) is 0 Å². The van der Waals surface area contributed by atoms with Gasteiger partial charge >= 0.3 is 0 Å². The summed E-state index contributed by atoms with van der Waals surface area (Å²) in [5, 5.41) is 0. The number of benzene rings is 1. The molecule has 0 spiro atoms. The third-order valence-corrected chi connectivity index (χ3v) is 3.81. The molecule has 0 saturated carbocycles. The van der Waals surface area contributed by atoms with E-state index in [1.165, 1.54) is 28.3 Å². The predicted molar refractivity (Wildman–Crippen MR) is 68.6 cm³/mol. The van der Waals surface area contributed by atoms with Crippen molar-refractivity contribution in [1.29, 1.82) is 0 Å². The Hall–Kier alpha value is -0.670. The summed E-state index contributed by atoms with van der Waals surface area (Å²) < 4.78 is 0. The van der Waals surface area contributed by atoms with Gasteiger partial charge in [0.05, 0.1) is 0 Å². The molecule has 1 aromatic rings. The Labute approximate surface area is 95.8 Å². The van der Waals surface area contributed by atoms with E-state index in [-0.39, 0.29) is 0 Å². The van der Waals surface area contributed by atoms with Crippen LogP contribution in [0.1, 0.15) is 11.1 Å². The van der Waals surface area contributed by atoms with E-state index in [4.69, 9.17) is 5.73 Å². The number of nitrogens with two attached hydrogens (primary N) is 1. The van der Waals surface area contributed by atoms with Gasteiger partial charge in [-0.15, -0.1) is 0 Å². The summed E-state index contributed by atoms with van der Waals surface area (Å²) in [6.45, 7) is 5.13. The van der Waals surface area contributed by atoms with Crippen molar-refractivity contribution >= 4 is 17.4 Å². The monoisotopic (exact) mass is 222 g/mol. The largest absolute Gasteiger partial charge is 0.369 e. The number of anilines is 1. The second kappa shape index (κ2) is 4.90. The van der Waals surface area contributed by atoms with Gasteiger partial charge in [0.2, 0.25) is 0 Å². The number of hydrogen-bond donors (Lipinski definition) is 1. The first kappa shape index (κ1) is 10.8. The quantitative estimate of drug-likeness (QED) is 0.830. The Morgan fingerprint density at radius 1 is 1.33 bits per heavy atom. The number of rotatable bonds is 2. The van der Waals surface area contributed by atoms with Crippen molar-refractivity contribution in [3.63, 3.8) is 0 Å². The highest BCUT2D eigenvalue weighted by Gasteiger charge is 2.15. The van der Waals surface area contributed by atoms with E-state index in [0.717, 1.165) is 13.1 Å². The molecular formula is C12H18N2S. The molecule has 3 heteroatoms. The lowest BCUT2D eigenvalue weighted by molar-refractivity contribution is 0.842. The first-order chi connectivity index (χ1) is 7.33. The van der Waals surface area contributed by atoms with E-state index in [9.17, 15) is 0 Å². The summed E-state index contributed by atoms with van der Waals surface area (Å²) in [7, 11) is 0. The molecule has 1 fully saturated rings. The lowest BCUT2D eigenvalue weighted by atomic mass is 10.1. The topological polar surface area (TPSA) is 29.3 Å². The van der Waals surface area contributed by atoms with Gasteiger partial charge < -0.3 is 10.6 Å².